The highest BCUT2D eigenvalue weighted by atomic mass is 32.1. The molecule has 0 saturated heterocycles. The number of nitro groups is 1. The summed E-state index contributed by atoms with van der Waals surface area (Å²) >= 11 is 1.52. The number of non-ortho nitro benzene ring substituents is 1. The summed E-state index contributed by atoms with van der Waals surface area (Å²) in [6.07, 6.45) is 1.66. The van der Waals surface area contributed by atoms with E-state index in [2.05, 4.69) is 9.98 Å². The molecule has 5 nitrogen and oxygen atoms in total. The number of aromatic nitrogens is 1. The molecule has 114 valence electrons. The van der Waals surface area contributed by atoms with Gasteiger partial charge in [-0.1, -0.05) is 41.7 Å². The third-order valence-electron chi connectivity index (χ3n) is 3.26. The number of aliphatic imine (C=N–C) groups is 1. The average Bonchev–Trinajstić information content (AvgIpc) is 2.95. The molecule has 0 spiro atoms. The van der Waals surface area contributed by atoms with Crippen LogP contribution in [0.1, 0.15) is 10.4 Å². The number of rotatable bonds is 4. The first-order chi connectivity index (χ1) is 11.1. The molecule has 0 aliphatic rings. The molecule has 0 aliphatic heterocycles. The zero-order valence-corrected chi connectivity index (χ0v) is 13.2. The summed E-state index contributed by atoms with van der Waals surface area (Å²) < 4.78 is 0. The molecule has 6 heteroatoms. The lowest BCUT2D eigenvalue weighted by molar-refractivity contribution is -0.384. The van der Waals surface area contributed by atoms with Crippen LogP contribution in [0.25, 0.3) is 11.3 Å². The van der Waals surface area contributed by atoms with Crippen molar-refractivity contribution in [1.82, 2.24) is 4.98 Å². The van der Waals surface area contributed by atoms with E-state index >= 15 is 0 Å². The van der Waals surface area contributed by atoms with Gasteiger partial charge in [0.25, 0.3) is 5.69 Å². The summed E-state index contributed by atoms with van der Waals surface area (Å²) in [6.45, 7) is 2.02. The van der Waals surface area contributed by atoms with Crippen molar-refractivity contribution >= 4 is 28.4 Å². The van der Waals surface area contributed by atoms with Gasteiger partial charge in [0.05, 0.1) is 10.6 Å². The Kier molecular flexibility index (Phi) is 4.25. The molecule has 2 aromatic carbocycles. The molecule has 0 amide bonds. The maximum atomic E-state index is 10.6. The van der Waals surface area contributed by atoms with Gasteiger partial charge in [-0.2, -0.15) is 0 Å². The minimum Gasteiger partial charge on any atom is -0.258 e. The summed E-state index contributed by atoms with van der Waals surface area (Å²) in [4.78, 5) is 20.2. The highest BCUT2D eigenvalue weighted by Gasteiger charge is 2.08. The second-order valence-electron chi connectivity index (χ2n) is 4.87. The van der Waals surface area contributed by atoms with Crippen molar-refractivity contribution in [3.8, 4) is 11.3 Å². The van der Waals surface area contributed by atoms with Gasteiger partial charge >= 0.3 is 0 Å². The van der Waals surface area contributed by atoms with Gasteiger partial charge in [-0.15, -0.1) is 0 Å². The molecule has 1 aromatic heterocycles. The third-order valence-corrected chi connectivity index (χ3v) is 4.14. The van der Waals surface area contributed by atoms with Crippen molar-refractivity contribution in [2.24, 2.45) is 4.99 Å². The Morgan fingerprint density at radius 2 is 1.83 bits per heavy atom. The highest BCUT2D eigenvalue weighted by molar-refractivity contribution is 7.15. The standard InChI is InChI=1S/C17H13N3O2S/c1-12-16(14-5-3-2-4-6-14)19-17(23-12)18-11-13-7-9-15(10-8-13)20(21)22/h2-11H,1H3/b18-11+. The molecular formula is C17H13N3O2S. The molecule has 0 radical (unpaired) electrons. The van der Waals surface area contributed by atoms with Crippen LogP contribution in [0.15, 0.2) is 59.6 Å². The number of nitrogens with zero attached hydrogens (tertiary/aromatic N) is 3. The Morgan fingerprint density at radius 3 is 2.48 bits per heavy atom. The van der Waals surface area contributed by atoms with Crippen LogP contribution in [-0.2, 0) is 0 Å². The number of nitro benzene ring substituents is 1. The van der Waals surface area contributed by atoms with E-state index in [-0.39, 0.29) is 5.69 Å². The molecule has 1 heterocycles. The van der Waals surface area contributed by atoms with Gasteiger partial charge in [0, 0.05) is 28.8 Å². The van der Waals surface area contributed by atoms with Gasteiger partial charge in [0.2, 0.25) is 5.13 Å². The quantitative estimate of drug-likeness (QED) is 0.394. The molecule has 23 heavy (non-hydrogen) atoms. The van der Waals surface area contributed by atoms with Crippen molar-refractivity contribution in [3.63, 3.8) is 0 Å². The highest BCUT2D eigenvalue weighted by Crippen LogP contribution is 2.31. The van der Waals surface area contributed by atoms with E-state index in [0.717, 1.165) is 21.7 Å². The first-order valence-corrected chi connectivity index (χ1v) is 7.76. The lowest BCUT2D eigenvalue weighted by Crippen LogP contribution is -1.88. The normalized spacial score (nSPS) is 11.0. The molecule has 0 bridgehead atoms. The van der Waals surface area contributed by atoms with Gasteiger partial charge in [-0.25, -0.2) is 9.98 Å². The molecule has 0 fully saturated rings. The zero-order chi connectivity index (χ0) is 16.2. The van der Waals surface area contributed by atoms with E-state index in [1.54, 1.807) is 18.3 Å². The maximum absolute atomic E-state index is 10.6. The Hall–Kier alpha value is -2.86. The lowest BCUT2D eigenvalue weighted by atomic mass is 10.1. The second-order valence-corrected chi connectivity index (χ2v) is 6.06. The number of benzene rings is 2. The van der Waals surface area contributed by atoms with Crippen LogP contribution in [0.4, 0.5) is 10.8 Å². The largest absolute Gasteiger partial charge is 0.269 e. The summed E-state index contributed by atoms with van der Waals surface area (Å²) in [5.41, 5.74) is 2.87. The van der Waals surface area contributed by atoms with Crippen molar-refractivity contribution < 1.29 is 4.92 Å². The van der Waals surface area contributed by atoms with Gasteiger partial charge < -0.3 is 0 Å². The lowest BCUT2D eigenvalue weighted by Gasteiger charge is -1.96. The van der Waals surface area contributed by atoms with E-state index in [0.29, 0.717) is 5.13 Å². The number of hydrogen-bond acceptors (Lipinski definition) is 5. The van der Waals surface area contributed by atoms with Crippen LogP contribution < -0.4 is 0 Å². The van der Waals surface area contributed by atoms with E-state index in [1.165, 1.54) is 23.5 Å². The predicted molar refractivity (Wildman–Crippen MR) is 92.6 cm³/mol. The third kappa shape index (κ3) is 3.49. The molecule has 0 unspecified atom stereocenters. The molecule has 3 aromatic rings. The summed E-state index contributed by atoms with van der Waals surface area (Å²) in [5.74, 6) is 0. The smallest absolute Gasteiger partial charge is 0.258 e. The monoisotopic (exact) mass is 323 g/mol. The number of aryl methyl sites for hydroxylation is 1. The van der Waals surface area contributed by atoms with Crippen LogP contribution in [-0.4, -0.2) is 16.1 Å². The Bertz CT molecular complexity index is 855. The van der Waals surface area contributed by atoms with Gasteiger partial charge in [-0.3, -0.25) is 10.1 Å². The molecular weight excluding hydrogens is 310 g/mol. The van der Waals surface area contributed by atoms with Crippen LogP contribution in [0.2, 0.25) is 0 Å². The van der Waals surface area contributed by atoms with Gasteiger partial charge in [0.15, 0.2) is 0 Å². The first-order valence-electron chi connectivity index (χ1n) is 6.95. The minimum atomic E-state index is -0.419. The van der Waals surface area contributed by atoms with Gasteiger partial charge in [0.1, 0.15) is 0 Å². The SMILES string of the molecule is Cc1sc(/N=C/c2ccc([N+](=O)[O-])cc2)nc1-c1ccccc1. The fourth-order valence-corrected chi connectivity index (χ4v) is 2.89. The fourth-order valence-electron chi connectivity index (χ4n) is 2.11. The Morgan fingerprint density at radius 1 is 1.13 bits per heavy atom. The van der Waals surface area contributed by atoms with E-state index in [9.17, 15) is 10.1 Å². The fraction of sp³-hybridized carbons (Fsp3) is 0.0588. The number of hydrogen-bond donors (Lipinski definition) is 0. The maximum Gasteiger partial charge on any atom is 0.269 e. The molecule has 0 N–H and O–H groups in total. The van der Waals surface area contributed by atoms with Gasteiger partial charge in [-0.05, 0) is 24.6 Å². The molecule has 0 aliphatic carbocycles. The average molecular weight is 323 g/mol. The molecule has 0 saturated carbocycles. The predicted octanol–water partition coefficient (Wildman–Crippen LogP) is 4.78. The van der Waals surface area contributed by atoms with Crippen molar-refractivity contribution in [1.29, 1.82) is 0 Å². The van der Waals surface area contributed by atoms with Crippen molar-refractivity contribution in [2.75, 3.05) is 0 Å². The zero-order valence-electron chi connectivity index (χ0n) is 12.3. The molecule has 0 atom stereocenters. The van der Waals surface area contributed by atoms with E-state index < -0.39 is 4.92 Å². The topological polar surface area (TPSA) is 68.4 Å². The first kappa shape index (κ1) is 15.1. The summed E-state index contributed by atoms with van der Waals surface area (Å²) in [7, 11) is 0. The van der Waals surface area contributed by atoms with Crippen LogP contribution in [0, 0.1) is 17.0 Å². The summed E-state index contributed by atoms with van der Waals surface area (Å²) in [6, 6.07) is 16.2. The van der Waals surface area contributed by atoms with E-state index in [4.69, 9.17) is 0 Å². The number of thiazole rings is 1. The van der Waals surface area contributed by atoms with Crippen LogP contribution in [0.3, 0.4) is 0 Å². The molecule has 3 rings (SSSR count). The minimum absolute atomic E-state index is 0.0682. The Balaban J connectivity index is 1.82. The van der Waals surface area contributed by atoms with Crippen LogP contribution in [0.5, 0.6) is 0 Å². The Labute approximate surface area is 137 Å². The van der Waals surface area contributed by atoms with E-state index in [1.807, 2.05) is 37.3 Å². The second kappa shape index (κ2) is 6.50. The summed E-state index contributed by atoms with van der Waals surface area (Å²) in [5, 5.41) is 11.3. The van der Waals surface area contributed by atoms with Crippen molar-refractivity contribution in [2.45, 2.75) is 6.92 Å². The van der Waals surface area contributed by atoms with Crippen LogP contribution >= 0.6 is 11.3 Å². The van der Waals surface area contributed by atoms with Crippen molar-refractivity contribution in [3.05, 3.63) is 75.2 Å².